The van der Waals surface area contributed by atoms with Crippen molar-refractivity contribution in [3.05, 3.63) is 12.2 Å². The number of carbonyl (C=O) groups is 2. The fourth-order valence-corrected chi connectivity index (χ4v) is 4.72. The average Bonchev–Trinajstić information content (AvgIpc) is 3.57. The van der Waals surface area contributed by atoms with Gasteiger partial charge in [-0.05, 0) is 50.4 Å². The van der Waals surface area contributed by atoms with Crippen LogP contribution in [0.2, 0.25) is 0 Å². The number of fused-ring (bicyclic) bond motifs is 1. The highest BCUT2D eigenvalue weighted by Crippen LogP contribution is 2.32. The summed E-state index contributed by atoms with van der Waals surface area (Å²) in [6.07, 6.45) is 0.603. The minimum absolute atomic E-state index is 0.115. The standard InChI is InChI=1S/C25H33N7O6/c1-2-27-23(35)20-18(33)19(34)24(38-20)32-13-28-17-21(26)29-16(30-22(17)32)5-3-4-14-8-10-31(11-9-14)25(36)37-12-15-6-7-15/h13-15,18-20,24,33-34H,2,4,6-12H2,1H3,(H,27,35)(H2,26,29,30)/t18?,19-,20-,24+/m0/s1. The Kier molecular flexibility index (Phi) is 7.64. The SMILES string of the molecule is CCNC(=O)[C@H]1O[C@@H](n2cnc3c(N)nc(C#CCC4CCN(C(=O)OCC5CC5)CC4)nc32)[C@@H](O)C1O. The maximum Gasteiger partial charge on any atom is 0.409 e. The lowest BCUT2D eigenvalue weighted by molar-refractivity contribution is -0.137. The molecule has 3 aliphatic rings. The minimum atomic E-state index is -1.42. The van der Waals surface area contributed by atoms with Crippen LogP contribution in [0.15, 0.2) is 6.33 Å². The van der Waals surface area contributed by atoms with Gasteiger partial charge in [-0.15, -0.1) is 0 Å². The fourth-order valence-electron chi connectivity index (χ4n) is 4.72. The average molecular weight is 528 g/mol. The number of piperidine rings is 1. The Labute approximate surface area is 219 Å². The van der Waals surface area contributed by atoms with Crippen molar-refractivity contribution in [2.24, 2.45) is 11.8 Å². The summed E-state index contributed by atoms with van der Waals surface area (Å²) >= 11 is 0. The van der Waals surface area contributed by atoms with Crippen molar-refractivity contribution in [1.82, 2.24) is 29.7 Å². The maximum atomic E-state index is 12.2. The van der Waals surface area contributed by atoms with Crippen LogP contribution >= 0.6 is 0 Å². The third kappa shape index (κ3) is 5.52. The molecule has 0 radical (unpaired) electrons. The summed E-state index contributed by atoms with van der Waals surface area (Å²) in [7, 11) is 0. The Morgan fingerprint density at radius 1 is 1.18 bits per heavy atom. The Morgan fingerprint density at radius 3 is 2.66 bits per heavy atom. The first-order chi connectivity index (χ1) is 18.4. The topological polar surface area (TPSA) is 178 Å². The molecule has 5 rings (SSSR count). The number of likely N-dealkylation sites (N-methyl/N-ethyl adjacent to an activating group) is 1. The van der Waals surface area contributed by atoms with Gasteiger partial charge in [-0.2, -0.15) is 0 Å². The van der Waals surface area contributed by atoms with Gasteiger partial charge in [0.1, 0.15) is 17.7 Å². The number of nitrogens with one attached hydrogen (secondary N) is 1. The number of aromatic nitrogens is 4. The Hall–Kier alpha value is -3.47. The largest absolute Gasteiger partial charge is 0.449 e. The second-order valence-corrected chi connectivity index (χ2v) is 10.0. The molecule has 5 N–H and O–H groups in total. The van der Waals surface area contributed by atoms with Crippen LogP contribution in [-0.4, -0.2) is 91.2 Å². The Morgan fingerprint density at radius 2 is 1.95 bits per heavy atom. The van der Waals surface area contributed by atoms with Crippen molar-refractivity contribution in [2.75, 3.05) is 32.0 Å². The first kappa shape index (κ1) is 26.1. The van der Waals surface area contributed by atoms with Gasteiger partial charge in [-0.25, -0.2) is 19.7 Å². The number of nitrogen functional groups attached to an aromatic ring is 1. The molecule has 204 valence electrons. The summed E-state index contributed by atoms with van der Waals surface area (Å²) in [4.78, 5) is 39.1. The number of likely N-dealkylation sites (tertiary alicyclic amines) is 1. The van der Waals surface area contributed by atoms with E-state index in [1.165, 1.54) is 10.9 Å². The second kappa shape index (κ2) is 11.1. The number of ether oxygens (including phenoxy) is 2. The number of aliphatic hydroxyl groups excluding tert-OH is 2. The van der Waals surface area contributed by atoms with Crippen LogP contribution in [0, 0.1) is 23.7 Å². The van der Waals surface area contributed by atoms with Gasteiger partial charge in [-0.1, -0.05) is 5.92 Å². The molecule has 0 aromatic carbocycles. The number of aliphatic hydroxyl groups is 2. The van der Waals surface area contributed by atoms with Gasteiger partial charge in [0.2, 0.25) is 5.82 Å². The Balaban J connectivity index is 1.23. The molecule has 1 unspecified atom stereocenters. The molecule has 0 spiro atoms. The molecule has 2 aliphatic heterocycles. The van der Waals surface area contributed by atoms with Gasteiger partial charge >= 0.3 is 6.09 Å². The van der Waals surface area contributed by atoms with Crippen LogP contribution in [0.3, 0.4) is 0 Å². The summed E-state index contributed by atoms with van der Waals surface area (Å²) in [5.41, 5.74) is 6.66. The number of anilines is 1. The van der Waals surface area contributed by atoms with Gasteiger partial charge in [0.05, 0.1) is 12.9 Å². The van der Waals surface area contributed by atoms with E-state index in [-0.39, 0.29) is 23.4 Å². The maximum absolute atomic E-state index is 12.2. The molecule has 3 fully saturated rings. The zero-order chi connectivity index (χ0) is 26.8. The second-order valence-electron chi connectivity index (χ2n) is 10.0. The van der Waals surface area contributed by atoms with Crippen molar-refractivity contribution in [3.8, 4) is 11.8 Å². The van der Waals surface area contributed by atoms with E-state index in [1.54, 1.807) is 11.8 Å². The first-order valence-corrected chi connectivity index (χ1v) is 13.1. The summed E-state index contributed by atoms with van der Waals surface area (Å²) in [5.74, 6) is 6.75. The van der Waals surface area contributed by atoms with E-state index in [1.807, 2.05) is 0 Å². The first-order valence-electron chi connectivity index (χ1n) is 13.1. The number of hydrogen-bond acceptors (Lipinski definition) is 10. The molecular weight excluding hydrogens is 494 g/mol. The number of rotatable bonds is 6. The van der Waals surface area contributed by atoms with Crippen molar-refractivity contribution in [2.45, 2.75) is 63.6 Å². The fraction of sp³-hybridized carbons (Fsp3) is 0.640. The van der Waals surface area contributed by atoms with Crippen LogP contribution in [0.25, 0.3) is 11.2 Å². The van der Waals surface area contributed by atoms with E-state index >= 15 is 0 Å². The van der Waals surface area contributed by atoms with Crippen LogP contribution in [0.4, 0.5) is 10.6 Å². The van der Waals surface area contributed by atoms with Crippen LogP contribution in [0.1, 0.15) is 51.1 Å². The molecular formula is C25H33N7O6. The number of nitrogens with zero attached hydrogens (tertiary/aromatic N) is 5. The zero-order valence-electron chi connectivity index (χ0n) is 21.2. The molecule has 13 heteroatoms. The molecule has 4 heterocycles. The molecule has 1 aliphatic carbocycles. The molecule has 0 bridgehead atoms. The van der Waals surface area contributed by atoms with Crippen molar-refractivity contribution < 1.29 is 29.3 Å². The minimum Gasteiger partial charge on any atom is -0.449 e. The van der Waals surface area contributed by atoms with Gasteiger partial charge in [0, 0.05) is 26.1 Å². The van der Waals surface area contributed by atoms with Crippen molar-refractivity contribution in [1.29, 1.82) is 0 Å². The monoisotopic (exact) mass is 527 g/mol. The van der Waals surface area contributed by atoms with Crippen molar-refractivity contribution in [3.63, 3.8) is 0 Å². The van der Waals surface area contributed by atoms with E-state index in [2.05, 4.69) is 32.1 Å². The van der Waals surface area contributed by atoms with E-state index in [9.17, 15) is 19.8 Å². The normalized spacial score (nSPS) is 25.7. The predicted octanol–water partition coefficient (Wildman–Crippen LogP) is 0.164. The van der Waals surface area contributed by atoms with E-state index in [0.717, 1.165) is 25.7 Å². The molecule has 1 saturated carbocycles. The molecule has 2 saturated heterocycles. The third-order valence-electron chi connectivity index (χ3n) is 7.17. The number of imidazole rings is 1. The summed E-state index contributed by atoms with van der Waals surface area (Å²) in [6.45, 7) is 3.93. The molecule has 13 nitrogen and oxygen atoms in total. The highest BCUT2D eigenvalue weighted by molar-refractivity contribution is 5.83. The Bertz CT molecular complexity index is 1240. The molecule has 4 atom stereocenters. The summed E-state index contributed by atoms with van der Waals surface area (Å²) in [5, 5.41) is 23.5. The van der Waals surface area contributed by atoms with Gasteiger partial charge in [0.15, 0.2) is 23.8 Å². The van der Waals surface area contributed by atoms with Gasteiger partial charge in [-0.3, -0.25) is 9.36 Å². The predicted molar refractivity (Wildman–Crippen MR) is 134 cm³/mol. The van der Waals surface area contributed by atoms with E-state index < -0.39 is 30.4 Å². The summed E-state index contributed by atoms with van der Waals surface area (Å²) in [6, 6.07) is 0. The molecule has 2 amide bonds. The zero-order valence-corrected chi connectivity index (χ0v) is 21.2. The summed E-state index contributed by atoms with van der Waals surface area (Å²) < 4.78 is 12.5. The number of nitrogens with two attached hydrogens (primary N) is 1. The highest BCUT2D eigenvalue weighted by Gasteiger charge is 2.47. The van der Waals surface area contributed by atoms with Crippen molar-refractivity contribution >= 4 is 29.0 Å². The molecule has 2 aromatic heterocycles. The van der Waals surface area contributed by atoms with Crippen LogP contribution < -0.4 is 11.1 Å². The van der Waals surface area contributed by atoms with Crippen LogP contribution in [-0.2, 0) is 14.3 Å². The number of carbonyl (C=O) groups excluding carboxylic acids is 2. The number of amides is 2. The van der Waals surface area contributed by atoms with E-state index in [4.69, 9.17) is 15.2 Å². The third-order valence-corrected chi connectivity index (χ3v) is 7.17. The molecule has 2 aromatic rings. The van der Waals surface area contributed by atoms with E-state index in [0.29, 0.717) is 50.0 Å². The lowest BCUT2D eigenvalue weighted by Gasteiger charge is -2.30. The highest BCUT2D eigenvalue weighted by atomic mass is 16.6. The molecule has 38 heavy (non-hydrogen) atoms. The van der Waals surface area contributed by atoms with Crippen LogP contribution in [0.5, 0.6) is 0 Å². The van der Waals surface area contributed by atoms with Gasteiger partial charge < -0.3 is 35.6 Å². The quantitative estimate of drug-likeness (QED) is 0.378. The smallest absolute Gasteiger partial charge is 0.409 e. The lowest BCUT2D eigenvalue weighted by Crippen LogP contribution is -2.42. The number of hydrogen-bond donors (Lipinski definition) is 4. The lowest BCUT2D eigenvalue weighted by atomic mass is 9.94. The van der Waals surface area contributed by atoms with Gasteiger partial charge in [0.25, 0.3) is 5.91 Å².